The van der Waals surface area contributed by atoms with E-state index in [1.54, 1.807) is 12.1 Å². The molecular weight excluding hydrogens is 316 g/mol. The molecular formula is C18H17F2NO3. The van der Waals surface area contributed by atoms with Crippen molar-refractivity contribution in [2.45, 2.75) is 18.6 Å². The molecule has 4 nitrogen and oxygen atoms in total. The lowest BCUT2D eigenvalue weighted by Crippen LogP contribution is -2.31. The molecule has 1 amide bonds. The smallest absolute Gasteiger partial charge is 0.254 e. The second-order valence-electron chi connectivity index (χ2n) is 5.77. The number of aliphatic hydroxyl groups is 1. The molecule has 1 aliphatic heterocycles. The van der Waals surface area contributed by atoms with Crippen molar-refractivity contribution in [2.75, 3.05) is 13.7 Å². The lowest BCUT2D eigenvalue weighted by Gasteiger charge is -2.25. The number of benzene rings is 2. The number of β-amino-alcohol motifs (C(OH)–C–C–N with tert-alkyl or cyclic N) is 1. The fraction of sp³-hybridized carbons (Fsp3) is 0.278. The summed E-state index contributed by atoms with van der Waals surface area (Å²) in [6, 6.07) is 9.44. The van der Waals surface area contributed by atoms with E-state index in [0.29, 0.717) is 12.0 Å². The molecule has 0 bridgehead atoms. The highest BCUT2D eigenvalue weighted by Gasteiger charge is 2.36. The van der Waals surface area contributed by atoms with Gasteiger partial charge >= 0.3 is 0 Å². The van der Waals surface area contributed by atoms with E-state index in [1.807, 2.05) is 0 Å². The van der Waals surface area contributed by atoms with Crippen LogP contribution in [-0.2, 0) is 0 Å². The topological polar surface area (TPSA) is 49.8 Å². The van der Waals surface area contributed by atoms with Gasteiger partial charge in [-0.1, -0.05) is 12.1 Å². The number of amides is 1. The molecule has 0 saturated carbocycles. The van der Waals surface area contributed by atoms with Gasteiger partial charge in [-0.05, 0) is 42.3 Å². The first-order valence-corrected chi connectivity index (χ1v) is 7.57. The van der Waals surface area contributed by atoms with Gasteiger partial charge in [0.15, 0.2) is 11.6 Å². The number of rotatable bonds is 3. The SMILES string of the molecule is COc1ccc(C(=O)N2CC(O)CC2c2cccc(F)c2)cc1F. The van der Waals surface area contributed by atoms with E-state index in [4.69, 9.17) is 4.74 Å². The number of carbonyl (C=O) groups excluding carboxylic acids is 1. The molecule has 0 aliphatic carbocycles. The summed E-state index contributed by atoms with van der Waals surface area (Å²) in [4.78, 5) is 14.2. The van der Waals surface area contributed by atoms with Crippen LogP contribution in [0.1, 0.15) is 28.4 Å². The van der Waals surface area contributed by atoms with Gasteiger partial charge in [0.05, 0.1) is 19.3 Å². The first kappa shape index (κ1) is 16.4. The van der Waals surface area contributed by atoms with Gasteiger partial charge in [-0.15, -0.1) is 0 Å². The van der Waals surface area contributed by atoms with Gasteiger partial charge in [0, 0.05) is 12.1 Å². The Kier molecular flexibility index (Phi) is 4.49. The second kappa shape index (κ2) is 6.57. The second-order valence-corrected chi connectivity index (χ2v) is 5.77. The van der Waals surface area contributed by atoms with E-state index in [2.05, 4.69) is 0 Å². The minimum Gasteiger partial charge on any atom is -0.494 e. The predicted molar refractivity (Wildman–Crippen MR) is 83.8 cm³/mol. The Morgan fingerprint density at radius 1 is 1.25 bits per heavy atom. The summed E-state index contributed by atoms with van der Waals surface area (Å²) in [6.07, 6.45) is -0.390. The third kappa shape index (κ3) is 3.10. The van der Waals surface area contributed by atoms with Crippen LogP contribution < -0.4 is 4.74 Å². The quantitative estimate of drug-likeness (QED) is 0.940. The number of ether oxygens (including phenoxy) is 1. The molecule has 0 aromatic heterocycles. The Hall–Kier alpha value is -2.47. The summed E-state index contributed by atoms with van der Waals surface area (Å²) in [7, 11) is 1.34. The molecule has 2 atom stereocenters. The van der Waals surface area contributed by atoms with Crippen molar-refractivity contribution in [1.29, 1.82) is 0 Å². The van der Waals surface area contributed by atoms with Gasteiger partial charge in [-0.2, -0.15) is 0 Å². The van der Waals surface area contributed by atoms with Crippen molar-refractivity contribution in [1.82, 2.24) is 4.90 Å². The van der Waals surface area contributed by atoms with Crippen molar-refractivity contribution in [3.8, 4) is 5.75 Å². The predicted octanol–water partition coefficient (Wildman–Crippen LogP) is 2.92. The van der Waals surface area contributed by atoms with Crippen LogP contribution in [0.5, 0.6) is 5.75 Å². The van der Waals surface area contributed by atoms with E-state index in [0.717, 1.165) is 6.07 Å². The molecule has 2 aromatic carbocycles. The summed E-state index contributed by atoms with van der Waals surface area (Å²) in [6.45, 7) is 0.119. The molecule has 2 unspecified atom stereocenters. The van der Waals surface area contributed by atoms with Crippen LogP contribution in [0, 0.1) is 11.6 Å². The van der Waals surface area contributed by atoms with E-state index in [-0.39, 0.29) is 17.9 Å². The monoisotopic (exact) mass is 333 g/mol. The Morgan fingerprint density at radius 3 is 2.71 bits per heavy atom. The Morgan fingerprint density at radius 2 is 2.04 bits per heavy atom. The summed E-state index contributed by atoms with van der Waals surface area (Å²) < 4.78 is 32.2. The highest BCUT2D eigenvalue weighted by atomic mass is 19.1. The van der Waals surface area contributed by atoms with Gasteiger partial charge in [0.25, 0.3) is 5.91 Å². The zero-order valence-corrected chi connectivity index (χ0v) is 13.1. The zero-order chi connectivity index (χ0) is 17.3. The van der Waals surface area contributed by atoms with Crippen molar-refractivity contribution in [2.24, 2.45) is 0 Å². The van der Waals surface area contributed by atoms with Crippen LogP contribution in [0.3, 0.4) is 0 Å². The number of carbonyl (C=O) groups is 1. The molecule has 0 radical (unpaired) electrons. The van der Waals surface area contributed by atoms with Gasteiger partial charge in [-0.3, -0.25) is 4.79 Å². The van der Waals surface area contributed by atoms with Crippen LogP contribution in [0.15, 0.2) is 42.5 Å². The molecule has 126 valence electrons. The number of nitrogens with zero attached hydrogens (tertiary/aromatic N) is 1. The standard InChI is InChI=1S/C18H17F2NO3/c1-24-17-6-5-12(8-15(17)20)18(23)21-10-14(22)9-16(21)11-3-2-4-13(19)7-11/h2-8,14,16,22H,9-10H2,1H3. The molecule has 1 N–H and O–H groups in total. The third-order valence-corrected chi connectivity index (χ3v) is 4.17. The van der Waals surface area contributed by atoms with E-state index < -0.39 is 29.7 Å². The van der Waals surface area contributed by atoms with Crippen LogP contribution >= 0.6 is 0 Å². The van der Waals surface area contributed by atoms with Crippen molar-refractivity contribution < 1.29 is 23.4 Å². The van der Waals surface area contributed by atoms with Gasteiger partial charge in [-0.25, -0.2) is 8.78 Å². The summed E-state index contributed by atoms with van der Waals surface area (Å²) >= 11 is 0. The van der Waals surface area contributed by atoms with Crippen molar-refractivity contribution >= 4 is 5.91 Å². The summed E-state index contributed by atoms with van der Waals surface area (Å²) in [5.74, 6) is -1.40. The van der Waals surface area contributed by atoms with E-state index in [9.17, 15) is 18.7 Å². The van der Waals surface area contributed by atoms with Crippen LogP contribution in [0.25, 0.3) is 0 Å². The third-order valence-electron chi connectivity index (χ3n) is 4.17. The number of likely N-dealkylation sites (tertiary alicyclic amines) is 1. The average molecular weight is 333 g/mol. The molecule has 1 saturated heterocycles. The van der Waals surface area contributed by atoms with Gasteiger partial charge in [0.2, 0.25) is 0 Å². The maximum atomic E-state index is 13.9. The number of hydrogen-bond acceptors (Lipinski definition) is 3. The molecule has 1 fully saturated rings. The Bertz CT molecular complexity index is 766. The number of methoxy groups -OCH3 is 1. The normalized spacial score (nSPS) is 20.2. The maximum absolute atomic E-state index is 13.9. The van der Waals surface area contributed by atoms with Crippen molar-refractivity contribution in [3.05, 3.63) is 65.2 Å². The molecule has 1 aliphatic rings. The van der Waals surface area contributed by atoms with Gasteiger partial charge < -0.3 is 14.7 Å². The number of hydrogen-bond donors (Lipinski definition) is 1. The van der Waals surface area contributed by atoms with Crippen LogP contribution in [0.4, 0.5) is 8.78 Å². The molecule has 1 heterocycles. The molecule has 6 heteroatoms. The highest BCUT2D eigenvalue weighted by Crippen LogP contribution is 2.34. The van der Waals surface area contributed by atoms with Gasteiger partial charge in [0.1, 0.15) is 5.82 Å². The Balaban J connectivity index is 1.91. The fourth-order valence-electron chi connectivity index (χ4n) is 3.03. The highest BCUT2D eigenvalue weighted by molar-refractivity contribution is 5.95. The first-order valence-electron chi connectivity index (χ1n) is 7.57. The molecule has 0 spiro atoms. The number of halogens is 2. The zero-order valence-electron chi connectivity index (χ0n) is 13.1. The lowest BCUT2D eigenvalue weighted by molar-refractivity contribution is 0.0715. The maximum Gasteiger partial charge on any atom is 0.254 e. The summed E-state index contributed by atoms with van der Waals surface area (Å²) in [5, 5.41) is 9.95. The number of aliphatic hydroxyl groups excluding tert-OH is 1. The minimum atomic E-state index is -0.703. The van der Waals surface area contributed by atoms with Crippen LogP contribution in [0.2, 0.25) is 0 Å². The largest absolute Gasteiger partial charge is 0.494 e. The fourth-order valence-corrected chi connectivity index (χ4v) is 3.03. The van der Waals surface area contributed by atoms with Crippen LogP contribution in [-0.4, -0.2) is 35.7 Å². The lowest BCUT2D eigenvalue weighted by atomic mass is 10.0. The molecule has 3 rings (SSSR count). The first-order chi connectivity index (χ1) is 11.5. The summed E-state index contributed by atoms with van der Waals surface area (Å²) in [5.41, 5.74) is 0.762. The van der Waals surface area contributed by atoms with E-state index in [1.165, 1.54) is 36.3 Å². The van der Waals surface area contributed by atoms with E-state index >= 15 is 0 Å². The molecule has 2 aromatic rings. The average Bonchev–Trinajstić information content (AvgIpc) is 2.96. The van der Waals surface area contributed by atoms with Crippen molar-refractivity contribution in [3.63, 3.8) is 0 Å². The minimum absolute atomic E-state index is 0.0506. The molecule has 24 heavy (non-hydrogen) atoms. The Labute approximate surface area is 138 Å².